The van der Waals surface area contributed by atoms with E-state index in [9.17, 15) is 4.79 Å². The van der Waals surface area contributed by atoms with Crippen LogP contribution in [0.2, 0.25) is 0 Å². The minimum absolute atomic E-state index is 0.150. The van der Waals surface area contributed by atoms with Crippen molar-refractivity contribution in [2.45, 2.75) is 6.92 Å². The van der Waals surface area contributed by atoms with E-state index in [4.69, 9.17) is 0 Å². The maximum atomic E-state index is 12.8. The van der Waals surface area contributed by atoms with Crippen molar-refractivity contribution >= 4 is 34.2 Å². The maximum absolute atomic E-state index is 12.8. The number of aromatic nitrogens is 3. The summed E-state index contributed by atoms with van der Waals surface area (Å²) in [5.41, 5.74) is 4.12. The Kier molecular flexibility index (Phi) is 5.21. The van der Waals surface area contributed by atoms with Gasteiger partial charge in [0.15, 0.2) is 11.6 Å². The van der Waals surface area contributed by atoms with Gasteiger partial charge in [-0.1, -0.05) is 54.6 Å². The van der Waals surface area contributed by atoms with E-state index in [2.05, 4.69) is 43.1 Å². The smallest absolute Gasteiger partial charge is 0.256 e. The largest absolute Gasteiger partial charge is 0.321 e. The average molecular weight is 480 g/mol. The zero-order valence-electron chi connectivity index (χ0n) is 15.1. The Labute approximate surface area is 176 Å². The summed E-state index contributed by atoms with van der Waals surface area (Å²) in [6, 6.07) is 23.0. The van der Waals surface area contributed by atoms with Gasteiger partial charge in [0.1, 0.15) is 0 Å². The van der Waals surface area contributed by atoms with Gasteiger partial charge in [0.25, 0.3) is 5.91 Å². The lowest BCUT2D eigenvalue weighted by Gasteiger charge is -2.11. The molecule has 2 N–H and O–H groups in total. The Morgan fingerprint density at radius 2 is 1.71 bits per heavy atom. The number of amides is 1. The van der Waals surface area contributed by atoms with Crippen LogP contribution in [0.15, 0.2) is 72.8 Å². The van der Waals surface area contributed by atoms with Gasteiger partial charge in [-0.25, -0.2) is 4.98 Å². The minimum atomic E-state index is -0.150. The molecule has 0 aliphatic rings. The van der Waals surface area contributed by atoms with Crippen LogP contribution in [0.5, 0.6) is 0 Å². The van der Waals surface area contributed by atoms with Crippen molar-refractivity contribution in [1.29, 1.82) is 0 Å². The molecular formula is C22H17IN4O. The van der Waals surface area contributed by atoms with Gasteiger partial charge in [0.05, 0.1) is 11.3 Å². The number of H-pyrrole nitrogens is 1. The van der Waals surface area contributed by atoms with Crippen LogP contribution in [-0.2, 0) is 0 Å². The molecule has 1 aromatic heterocycles. The molecule has 0 bridgehead atoms. The van der Waals surface area contributed by atoms with Gasteiger partial charge < -0.3 is 5.32 Å². The lowest BCUT2D eigenvalue weighted by molar-refractivity contribution is 0.102. The Morgan fingerprint density at radius 3 is 2.54 bits per heavy atom. The van der Waals surface area contributed by atoms with E-state index < -0.39 is 0 Å². The molecule has 5 nitrogen and oxygen atoms in total. The van der Waals surface area contributed by atoms with Crippen LogP contribution in [0.25, 0.3) is 22.8 Å². The molecule has 4 rings (SSSR count). The highest BCUT2D eigenvalue weighted by molar-refractivity contribution is 14.1. The van der Waals surface area contributed by atoms with E-state index in [-0.39, 0.29) is 5.91 Å². The second-order valence-electron chi connectivity index (χ2n) is 6.31. The molecule has 3 aromatic carbocycles. The summed E-state index contributed by atoms with van der Waals surface area (Å²) >= 11 is 2.20. The monoisotopic (exact) mass is 480 g/mol. The number of carbonyl (C=O) groups excluding carboxylic acids is 1. The molecule has 28 heavy (non-hydrogen) atoms. The normalized spacial score (nSPS) is 10.6. The summed E-state index contributed by atoms with van der Waals surface area (Å²) < 4.78 is 0.945. The van der Waals surface area contributed by atoms with Crippen LogP contribution in [0.3, 0.4) is 0 Å². The van der Waals surface area contributed by atoms with Crippen molar-refractivity contribution < 1.29 is 4.79 Å². The van der Waals surface area contributed by atoms with E-state index in [0.717, 1.165) is 20.3 Å². The number of anilines is 1. The van der Waals surface area contributed by atoms with Crippen LogP contribution >= 0.6 is 22.6 Å². The van der Waals surface area contributed by atoms with Crippen LogP contribution < -0.4 is 5.32 Å². The maximum Gasteiger partial charge on any atom is 0.256 e. The fourth-order valence-electron chi connectivity index (χ4n) is 2.91. The topological polar surface area (TPSA) is 70.7 Å². The SMILES string of the molecule is Cc1cccc(C(=O)Nc2ccccc2-c2nc(-c3ccccc3)n[nH]2)c1I. The number of aryl methyl sites for hydroxylation is 1. The Bertz CT molecular complexity index is 1140. The standard InChI is InChI=1S/C22H17IN4O/c1-14-8-7-12-17(19(14)23)22(28)24-18-13-6-5-11-16(18)21-25-20(26-27-21)15-9-3-2-4-10-15/h2-13H,1H3,(H,24,28)(H,25,26,27). The molecule has 0 aliphatic heterocycles. The van der Waals surface area contributed by atoms with Crippen molar-refractivity contribution in [3.8, 4) is 22.8 Å². The predicted molar refractivity (Wildman–Crippen MR) is 119 cm³/mol. The number of rotatable bonds is 4. The van der Waals surface area contributed by atoms with Crippen molar-refractivity contribution in [2.75, 3.05) is 5.32 Å². The molecular weight excluding hydrogens is 463 g/mol. The Balaban J connectivity index is 1.66. The molecule has 0 aliphatic carbocycles. The van der Waals surface area contributed by atoms with Gasteiger partial charge >= 0.3 is 0 Å². The Morgan fingerprint density at radius 1 is 0.964 bits per heavy atom. The molecule has 0 radical (unpaired) electrons. The number of hydrogen-bond donors (Lipinski definition) is 2. The van der Waals surface area contributed by atoms with Gasteiger partial charge in [-0.15, -0.1) is 0 Å². The van der Waals surface area contributed by atoms with E-state index in [1.54, 1.807) is 0 Å². The second-order valence-corrected chi connectivity index (χ2v) is 7.39. The third kappa shape index (κ3) is 3.68. The summed E-state index contributed by atoms with van der Waals surface area (Å²) in [6.45, 7) is 1.99. The van der Waals surface area contributed by atoms with Crippen molar-refractivity contribution in [1.82, 2.24) is 15.2 Å². The highest BCUT2D eigenvalue weighted by Gasteiger charge is 2.16. The van der Waals surface area contributed by atoms with Gasteiger partial charge in [0.2, 0.25) is 0 Å². The Hall–Kier alpha value is -3.00. The number of aromatic amines is 1. The number of carbonyl (C=O) groups is 1. The number of hydrogen-bond acceptors (Lipinski definition) is 3. The quantitative estimate of drug-likeness (QED) is 0.390. The van der Waals surface area contributed by atoms with Crippen LogP contribution in [0, 0.1) is 10.5 Å². The second kappa shape index (κ2) is 7.93. The van der Waals surface area contributed by atoms with E-state index >= 15 is 0 Å². The van der Waals surface area contributed by atoms with Crippen molar-refractivity contribution in [3.63, 3.8) is 0 Å². The van der Waals surface area contributed by atoms with E-state index in [1.807, 2.05) is 79.7 Å². The van der Waals surface area contributed by atoms with Gasteiger partial charge in [-0.2, -0.15) is 5.10 Å². The lowest BCUT2D eigenvalue weighted by Crippen LogP contribution is -2.14. The predicted octanol–water partition coefficient (Wildman–Crippen LogP) is 5.30. The first-order valence-corrected chi connectivity index (χ1v) is 9.85. The first kappa shape index (κ1) is 18.4. The molecule has 0 saturated carbocycles. The third-order valence-electron chi connectivity index (χ3n) is 4.38. The molecule has 0 atom stereocenters. The molecule has 1 amide bonds. The molecule has 4 aromatic rings. The molecule has 0 fully saturated rings. The van der Waals surface area contributed by atoms with Gasteiger partial charge in [-0.3, -0.25) is 9.89 Å². The van der Waals surface area contributed by atoms with Gasteiger partial charge in [0, 0.05) is 14.7 Å². The molecule has 0 saturated heterocycles. The number of nitrogens with one attached hydrogen (secondary N) is 2. The number of benzene rings is 3. The summed E-state index contributed by atoms with van der Waals surface area (Å²) in [4.78, 5) is 17.4. The summed E-state index contributed by atoms with van der Waals surface area (Å²) in [6.07, 6.45) is 0. The fourth-order valence-corrected chi connectivity index (χ4v) is 3.51. The zero-order valence-corrected chi connectivity index (χ0v) is 17.3. The first-order valence-electron chi connectivity index (χ1n) is 8.77. The third-order valence-corrected chi connectivity index (χ3v) is 5.82. The van der Waals surface area contributed by atoms with E-state index in [0.29, 0.717) is 22.9 Å². The van der Waals surface area contributed by atoms with E-state index in [1.165, 1.54) is 0 Å². The van der Waals surface area contributed by atoms with Crippen LogP contribution in [0.4, 0.5) is 5.69 Å². The molecule has 6 heteroatoms. The fraction of sp³-hybridized carbons (Fsp3) is 0.0455. The number of nitrogens with zero attached hydrogens (tertiary/aromatic N) is 2. The number of halogens is 1. The molecule has 0 spiro atoms. The van der Waals surface area contributed by atoms with Crippen LogP contribution in [-0.4, -0.2) is 21.1 Å². The summed E-state index contributed by atoms with van der Waals surface area (Å²) in [5, 5.41) is 10.3. The molecule has 138 valence electrons. The van der Waals surface area contributed by atoms with Crippen LogP contribution in [0.1, 0.15) is 15.9 Å². The first-order chi connectivity index (χ1) is 13.6. The summed E-state index contributed by atoms with van der Waals surface area (Å²) in [7, 11) is 0. The van der Waals surface area contributed by atoms with Crippen molar-refractivity contribution in [3.05, 3.63) is 87.5 Å². The average Bonchev–Trinajstić information content (AvgIpc) is 3.21. The molecule has 0 unspecified atom stereocenters. The van der Waals surface area contributed by atoms with Crippen molar-refractivity contribution in [2.24, 2.45) is 0 Å². The molecule has 1 heterocycles. The summed E-state index contributed by atoms with van der Waals surface area (Å²) in [5.74, 6) is 1.07. The highest BCUT2D eigenvalue weighted by atomic mass is 127. The number of para-hydroxylation sites is 1. The van der Waals surface area contributed by atoms with Gasteiger partial charge in [-0.05, 0) is 53.3 Å². The minimum Gasteiger partial charge on any atom is -0.321 e. The highest BCUT2D eigenvalue weighted by Crippen LogP contribution is 2.28. The zero-order chi connectivity index (χ0) is 19.5. The lowest BCUT2D eigenvalue weighted by atomic mass is 10.1.